The van der Waals surface area contributed by atoms with Crippen LogP contribution in [0.4, 0.5) is 0 Å². The molecule has 1 aromatic carbocycles. The third-order valence-corrected chi connectivity index (χ3v) is 5.10. The molecule has 2 rings (SSSR count). The predicted molar refractivity (Wildman–Crippen MR) is 68.7 cm³/mol. The van der Waals surface area contributed by atoms with Gasteiger partial charge in [-0.25, -0.2) is 0 Å². The van der Waals surface area contributed by atoms with E-state index in [-0.39, 0.29) is 9.92 Å². The van der Waals surface area contributed by atoms with Crippen LogP contribution in [0.2, 0.25) is 5.02 Å². The molecule has 0 aliphatic carbocycles. The van der Waals surface area contributed by atoms with Gasteiger partial charge >= 0.3 is 0 Å². The van der Waals surface area contributed by atoms with E-state index in [2.05, 4.69) is 21.0 Å². The number of halogens is 2. The second-order valence-electron chi connectivity index (χ2n) is 3.42. The molecule has 0 bridgehead atoms. The zero-order chi connectivity index (χ0) is 12.6. The predicted octanol–water partition coefficient (Wildman–Crippen LogP) is 2.84. The largest absolute Gasteiger partial charge is 0.284 e. The Morgan fingerprint density at radius 1 is 1.41 bits per heavy atom. The molecule has 7 heteroatoms. The first kappa shape index (κ1) is 12.6. The van der Waals surface area contributed by atoms with Crippen LogP contribution in [0.15, 0.2) is 40.0 Å². The Labute approximate surface area is 112 Å². The molecule has 0 amide bonds. The summed E-state index contributed by atoms with van der Waals surface area (Å²) in [6.45, 7) is 1.79. The Morgan fingerprint density at radius 3 is 2.71 bits per heavy atom. The number of hydrogen-bond acceptors (Lipinski definition) is 3. The highest BCUT2D eigenvalue weighted by molar-refractivity contribution is 9.10. The normalized spacial score (nSPS) is 11.7. The van der Waals surface area contributed by atoms with Crippen molar-refractivity contribution < 1.29 is 8.42 Å². The van der Waals surface area contributed by atoms with Gasteiger partial charge in [0, 0.05) is 10.7 Å². The maximum atomic E-state index is 12.2. The molecule has 0 saturated carbocycles. The Hall–Kier alpha value is -0.850. The van der Waals surface area contributed by atoms with Gasteiger partial charge in [0.2, 0.25) is 0 Å². The lowest BCUT2D eigenvalue weighted by Crippen LogP contribution is -2.14. The van der Waals surface area contributed by atoms with Crippen molar-refractivity contribution in [1.29, 1.82) is 0 Å². The highest BCUT2D eigenvalue weighted by Crippen LogP contribution is 2.29. The van der Waals surface area contributed by atoms with E-state index in [9.17, 15) is 8.42 Å². The van der Waals surface area contributed by atoms with Crippen LogP contribution in [0.25, 0.3) is 0 Å². The summed E-state index contributed by atoms with van der Waals surface area (Å²) in [5, 5.41) is 3.88. The minimum atomic E-state index is -3.71. The first-order chi connectivity index (χ1) is 7.93. The van der Waals surface area contributed by atoms with E-state index in [1.807, 2.05) is 0 Å². The fourth-order valence-corrected chi connectivity index (χ4v) is 3.50. The minimum absolute atomic E-state index is 0.0450. The molecule has 90 valence electrons. The standard InChI is InChI=1S/C10H8BrClN2O2S/c1-7-5-10(9(12)6-8(7)11)17(15,16)14-4-2-3-13-14/h2-6H,1H3. The first-order valence-electron chi connectivity index (χ1n) is 4.64. The number of aromatic nitrogens is 2. The highest BCUT2D eigenvalue weighted by atomic mass is 79.9. The lowest BCUT2D eigenvalue weighted by molar-refractivity contribution is 0.580. The number of hydrogen-bond donors (Lipinski definition) is 0. The topological polar surface area (TPSA) is 52.0 Å². The van der Waals surface area contributed by atoms with E-state index in [4.69, 9.17) is 11.6 Å². The molecule has 0 aliphatic rings. The molecule has 0 spiro atoms. The average Bonchev–Trinajstić information content (AvgIpc) is 2.77. The van der Waals surface area contributed by atoms with E-state index in [0.717, 1.165) is 14.1 Å². The fraction of sp³-hybridized carbons (Fsp3) is 0.100. The molecular formula is C10H8BrClN2O2S. The lowest BCUT2D eigenvalue weighted by atomic mass is 10.2. The number of nitrogens with zero attached hydrogens (tertiary/aromatic N) is 2. The minimum Gasteiger partial charge on any atom is -0.199 e. The Bertz CT molecular complexity index is 653. The summed E-state index contributed by atoms with van der Waals surface area (Å²) in [6, 6.07) is 4.62. The fourth-order valence-electron chi connectivity index (χ4n) is 1.33. The van der Waals surface area contributed by atoms with Gasteiger partial charge in [-0.05, 0) is 30.7 Å². The zero-order valence-electron chi connectivity index (χ0n) is 8.76. The Balaban J connectivity index is 2.67. The van der Waals surface area contributed by atoms with Crippen LogP contribution in [-0.2, 0) is 10.0 Å². The highest BCUT2D eigenvalue weighted by Gasteiger charge is 2.21. The van der Waals surface area contributed by atoms with Crippen LogP contribution in [0, 0.1) is 6.92 Å². The van der Waals surface area contributed by atoms with E-state index < -0.39 is 10.0 Å². The summed E-state index contributed by atoms with van der Waals surface area (Å²) in [5.41, 5.74) is 0.792. The van der Waals surface area contributed by atoms with Crippen molar-refractivity contribution in [2.24, 2.45) is 0 Å². The van der Waals surface area contributed by atoms with Crippen molar-refractivity contribution in [3.63, 3.8) is 0 Å². The summed E-state index contributed by atoms with van der Waals surface area (Å²) < 4.78 is 26.0. The third kappa shape index (κ3) is 2.25. The second-order valence-corrected chi connectivity index (χ2v) is 6.44. The summed E-state index contributed by atoms with van der Waals surface area (Å²) in [4.78, 5) is 0.0450. The van der Waals surface area contributed by atoms with Crippen LogP contribution in [0.1, 0.15) is 5.56 Å². The summed E-state index contributed by atoms with van der Waals surface area (Å²) in [6.07, 6.45) is 2.76. The van der Waals surface area contributed by atoms with E-state index in [0.29, 0.717) is 0 Å². The SMILES string of the molecule is Cc1cc(S(=O)(=O)n2cccn2)c(Cl)cc1Br. The van der Waals surface area contributed by atoms with E-state index in [1.165, 1.54) is 24.5 Å². The van der Waals surface area contributed by atoms with Gasteiger partial charge in [-0.15, -0.1) is 0 Å². The van der Waals surface area contributed by atoms with Crippen molar-refractivity contribution in [2.45, 2.75) is 11.8 Å². The summed E-state index contributed by atoms with van der Waals surface area (Å²) in [5.74, 6) is 0. The maximum Gasteiger partial charge on any atom is 0.284 e. The molecule has 2 aromatic rings. The first-order valence-corrected chi connectivity index (χ1v) is 7.25. The van der Waals surface area contributed by atoms with Gasteiger partial charge in [0.15, 0.2) is 0 Å². The van der Waals surface area contributed by atoms with E-state index in [1.54, 1.807) is 13.0 Å². The van der Waals surface area contributed by atoms with Crippen LogP contribution in [0.3, 0.4) is 0 Å². The third-order valence-electron chi connectivity index (χ3n) is 2.22. The van der Waals surface area contributed by atoms with Crippen molar-refractivity contribution in [3.8, 4) is 0 Å². The molecule has 1 heterocycles. The van der Waals surface area contributed by atoms with Crippen LogP contribution < -0.4 is 0 Å². The molecule has 4 nitrogen and oxygen atoms in total. The molecule has 0 aliphatic heterocycles. The Morgan fingerprint density at radius 2 is 2.12 bits per heavy atom. The Kier molecular flexibility index (Phi) is 3.29. The van der Waals surface area contributed by atoms with Crippen molar-refractivity contribution in [1.82, 2.24) is 9.19 Å². The van der Waals surface area contributed by atoms with Crippen LogP contribution in [-0.4, -0.2) is 17.6 Å². The van der Waals surface area contributed by atoms with Crippen molar-refractivity contribution in [2.75, 3.05) is 0 Å². The lowest BCUT2D eigenvalue weighted by Gasteiger charge is -2.08. The molecule has 1 aromatic heterocycles. The molecule has 0 atom stereocenters. The van der Waals surface area contributed by atoms with Crippen molar-refractivity contribution >= 4 is 37.6 Å². The quantitative estimate of drug-likeness (QED) is 0.848. The van der Waals surface area contributed by atoms with Crippen LogP contribution in [0.5, 0.6) is 0 Å². The number of benzene rings is 1. The van der Waals surface area contributed by atoms with E-state index >= 15 is 0 Å². The van der Waals surface area contributed by atoms with Gasteiger partial charge < -0.3 is 0 Å². The smallest absolute Gasteiger partial charge is 0.199 e. The van der Waals surface area contributed by atoms with Gasteiger partial charge in [-0.2, -0.15) is 17.6 Å². The average molecular weight is 336 g/mol. The van der Waals surface area contributed by atoms with Gasteiger partial charge in [-0.1, -0.05) is 27.5 Å². The van der Waals surface area contributed by atoms with Crippen molar-refractivity contribution in [3.05, 3.63) is 45.7 Å². The van der Waals surface area contributed by atoms with Gasteiger partial charge in [0.05, 0.1) is 11.2 Å². The number of aryl methyl sites for hydroxylation is 1. The summed E-state index contributed by atoms with van der Waals surface area (Å²) >= 11 is 9.25. The zero-order valence-corrected chi connectivity index (χ0v) is 11.9. The summed E-state index contributed by atoms with van der Waals surface area (Å²) in [7, 11) is -3.71. The number of rotatable bonds is 2. The molecule has 0 saturated heterocycles. The molecule has 0 radical (unpaired) electrons. The molecular weight excluding hydrogens is 328 g/mol. The maximum absolute atomic E-state index is 12.2. The molecule has 0 unspecified atom stereocenters. The monoisotopic (exact) mass is 334 g/mol. The van der Waals surface area contributed by atoms with Gasteiger partial charge in [0.25, 0.3) is 10.0 Å². The molecule has 0 fully saturated rings. The van der Waals surface area contributed by atoms with Gasteiger partial charge in [0.1, 0.15) is 4.90 Å². The molecule has 17 heavy (non-hydrogen) atoms. The second kappa shape index (κ2) is 4.44. The van der Waals surface area contributed by atoms with Gasteiger partial charge in [-0.3, -0.25) is 0 Å². The van der Waals surface area contributed by atoms with Crippen LogP contribution >= 0.6 is 27.5 Å². The molecule has 0 N–H and O–H groups in total.